The number of methoxy groups -OCH3 is 1. The van der Waals surface area contributed by atoms with Crippen LogP contribution in [-0.4, -0.2) is 25.0 Å². The number of hydrogen-bond donors (Lipinski definition) is 0. The SMILES string of the molecule is COC(=O)[C@H](C)Oc1ccc2c(c1)O/C(=C\c1c(Cl)cccc1Cl)C2=O. The molecule has 0 N–H and O–H groups in total. The van der Waals surface area contributed by atoms with Crippen molar-refractivity contribution in [1.29, 1.82) is 0 Å². The second-order valence-corrected chi connectivity index (χ2v) is 6.33. The fourth-order valence-corrected chi connectivity index (χ4v) is 2.94. The van der Waals surface area contributed by atoms with Crippen LogP contribution in [0.1, 0.15) is 22.8 Å². The third kappa shape index (κ3) is 3.54. The van der Waals surface area contributed by atoms with Crippen LogP contribution >= 0.6 is 23.2 Å². The number of hydrogen-bond acceptors (Lipinski definition) is 5. The molecule has 0 saturated carbocycles. The Hall–Kier alpha value is -2.50. The molecule has 2 aromatic carbocycles. The molecular weight excluding hydrogens is 379 g/mol. The van der Waals surface area contributed by atoms with Crippen molar-refractivity contribution >= 4 is 41.0 Å². The Bertz CT molecular complexity index is 900. The van der Waals surface area contributed by atoms with Gasteiger partial charge in [0.05, 0.1) is 12.7 Å². The summed E-state index contributed by atoms with van der Waals surface area (Å²) >= 11 is 12.3. The monoisotopic (exact) mass is 392 g/mol. The zero-order valence-electron chi connectivity index (χ0n) is 13.9. The number of halogens is 2. The Morgan fingerprint density at radius 3 is 2.54 bits per heavy atom. The van der Waals surface area contributed by atoms with E-state index in [0.29, 0.717) is 32.7 Å². The predicted molar refractivity (Wildman–Crippen MR) is 97.9 cm³/mol. The molecule has 26 heavy (non-hydrogen) atoms. The number of rotatable bonds is 4. The summed E-state index contributed by atoms with van der Waals surface area (Å²) in [5.74, 6) is 0.0265. The summed E-state index contributed by atoms with van der Waals surface area (Å²) in [6.45, 7) is 1.57. The number of ketones is 1. The Morgan fingerprint density at radius 1 is 1.19 bits per heavy atom. The van der Waals surface area contributed by atoms with Crippen LogP contribution < -0.4 is 9.47 Å². The van der Waals surface area contributed by atoms with Crippen LogP contribution in [0.5, 0.6) is 11.5 Å². The van der Waals surface area contributed by atoms with Gasteiger partial charge in [0, 0.05) is 21.7 Å². The Morgan fingerprint density at radius 2 is 1.88 bits per heavy atom. The third-order valence-electron chi connectivity index (χ3n) is 3.76. The number of carbonyl (C=O) groups excluding carboxylic acids is 2. The van der Waals surface area contributed by atoms with Gasteiger partial charge in [-0.3, -0.25) is 4.79 Å². The lowest BCUT2D eigenvalue weighted by Gasteiger charge is -2.12. The molecule has 1 atom stereocenters. The lowest BCUT2D eigenvalue weighted by atomic mass is 10.1. The van der Waals surface area contributed by atoms with Crippen molar-refractivity contribution in [3.8, 4) is 11.5 Å². The molecule has 3 rings (SSSR count). The van der Waals surface area contributed by atoms with Crippen LogP contribution in [-0.2, 0) is 9.53 Å². The molecule has 0 fully saturated rings. The minimum Gasteiger partial charge on any atom is -0.479 e. The van der Waals surface area contributed by atoms with Crippen LogP contribution in [0.3, 0.4) is 0 Å². The van der Waals surface area contributed by atoms with Crippen molar-refractivity contribution in [3.05, 3.63) is 63.3 Å². The molecule has 2 aromatic rings. The summed E-state index contributed by atoms with van der Waals surface area (Å²) in [6, 6.07) is 9.77. The van der Waals surface area contributed by atoms with E-state index in [1.807, 2.05) is 0 Å². The van der Waals surface area contributed by atoms with Crippen molar-refractivity contribution in [2.75, 3.05) is 7.11 Å². The highest BCUT2D eigenvalue weighted by Crippen LogP contribution is 2.36. The smallest absolute Gasteiger partial charge is 0.346 e. The van der Waals surface area contributed by atoms with Gasteiger partial charge in [0.2, 0.25) is 5.78 Å². The topological polar surface area (TPSA) is 61.8 Å². The lowest BCUT2D eigenvalue weighted by Crippen LogP contribution is -2.24. The van der Waals surface area contributed by atoms with Crippen molar-refractivity contribution in [2.24, 2.45) is 0 Å². The number of Topliss-reactive ketones (excluding diaryl/α,β-unsaturated/α-hetero) is 1. The number of ether oxygens (including phenoxy) is 3. The van der Waals surface area contributed by atoms with E-state index >= 15 is 0 Å². The van der Waals surface area contributed by atoms with Gasteiger partial charge >= 0.3 is 5.97 Å². The van der Waals surface area contributed by atoms with E-state index in [1.54, 1.807) is 43.3 Å². The minimum atomic E-state index is -0.785. The van der Waals surface area contributed by atoms with E-state index < -0.39 is 12.1 Å². The quantitative estimate of drug-likeness (QED) is 0.564. The summed E-state index contributed by atoms with van der Waals surface area (Å²) in [4.78, 5) is 24.0. The first-order chi connectivity index (χ1) is 12.4. The second kappa shape index (κ2) is 7.40. The summed E-state index contributed by atoms with van der Waals surface area (Å²) < 4.78 is 15.7. The molecule has 7 heteroatoms. The van der Waals surface area contributed by atoms with Gasteiger partial charge in [0.25, 0.3) is 0 Å². The normalized spacial score (nSPS) is 15.4. The molecule has 0 spiro atoms. The maximum Gasteiger partial charge on any atom is 0.346 e. The van der Waals surface area contributed by atoms with Crippen molar-refractivity contribution in [1.82, 2.24) is 0 Å². The zero-order valence-corrected chi connectivity index (χ0v) is 15.4. The van der Waals surface area contributed by atoms with Crippen LogP contribution in [0.25, 0.3) is 6.08 Å². The van der Waals surface area contributed by atoms with E-state index in [4.69, 9.17) is 32.7 Å². The molecule has 1 aliphatic rings. The molecule has 1 aliphatic heterocycles. The largest absolute Gasteiger partial charge is 0.479 e. The van der Waals surface area contributed by atoms with E-state index in [2.05, 4.69) is 4.74 Å². The Balaban J connectivity index is 1.87. The van der Waals surface area contributed by atoms with E-state index in [0.717, 1.165) is 0 Å². The Kier molecular flexibility index (Phi) is 5.20. The van der Waals surface area contributed by atoms with Gasteiger partial charge in [-0.05, 0) is 37.3 Å². The molecule has 0 amide bonds. The number of carbonyl (C=O) groups is 2. The summed E-state index contributed by atoms with van der Waals surface area (Å²) in [5, 5.41) is 0.821. The molecule has 0 saturated heterocycles. The predicted octanol–water partition coefficient (Wildman–Crippen LogP) is 4.55. The van der Waals surface area contributed by atoms with Crippen LogP contribution in [0, 0.1) is 0 Å². The summed E-state index contributed by atoms with van der Waals surface area (Å²) in [6.07, 6.45) is 0.719. The Labute approximate surface area is 160 Å². The van der Waals surface area contributed by atoms with Gasteiger partial charge in [-0.1, -0.05) is 29.3 Å². The number of fused-ring (bicyclic) bond motifs is 1. The number of allylic oxidation sites excluding steroid dienone is 1. The molecule has 1 heterocycles. The molecule has 0 aliphatic carbocycles. The molecular formula is C19H14Cl2O5. The molecule has 134 valence electrons. The van der Waals surface area contributed by atoms with Crippen molar-refractivity contribution in [3.63, 3.8) is 0 Å². The van der Waals surface area contributed by atoms with E-state index in [-0.39, 0.29) is 11.5 Å². The molecule has 0 aromatic heterocycles. The molecule has 5 nitrogen and oxygen atoms in total. The van der Waals surface area contributed by atoms with Gasteiger partial charge in [0.1, 0.15) is 11.5 Å². The molecule has 0 radical (unpaired) electrons. The maximum atomic E-state index is 12.5. The summed E-state index contributed by atoms with van der Waals surface area (Å²) in [5.41, 5.74) is 0.889. The van der Waals surface area contributed by atoms with E-state index in [1.165, 1.54) is 13.2 Å². The van der Waals surface area contributed by atoms with Gasteiger partial charge in [-0.2, -0.15) is 0 Å². The van der Waals surface area contributed by atoms with Crippen LogP contribution in [0.4, 0.5) is 0 Å². The van der Waals surface area contributed by atoms with Crippen molar-refractivity contribution in [2.45, 2.75) is 13.0 Å². The fraction of sp³-hybridized carbons (Fsp3) is 0.158. The first-order valence-electron chi connectivity index (χ1n) is 7.67. The van der Waals surface area contributed by atoms with Crippen LogP contribution in [0.2, 0.25) is 10.0 Å². The average molecular weight is 393 g/mol. The number of benzene rings is 2. The van der Waals surface area contributed by atoms with Gasteiger partial charge < -0.3 is 14.2 Å². The summed E-state index contributed by atoms with van der Waals surface area (Å²) in [7, 11) is 1.28. The fourth-order valence-electron chi connectivity index (χ4n) is 2.44. The average Bonchev–Trinajstić information content (AvgIpc) is 2.92. The first kappa shape index (κ1) is 18.3. The highest BCUT2D eigenvalue weighted by molar-refractivity contribution is 6.37. The third-order valence-corrected chi connectivity index (χ3v) is 4.42. The van der Waals surface area contributed by atoms with Crippen molar-refractivity contribution < 1.29 is 23.8 Å². The standard InChI is InChI=1S/C19H14Cl2O5/c1-10(19(23)24-2)25-11-6-7-12-16(8-11)26-17(18(12)22)9-13-14(20)4-3-5-15(13)21/h3-10H,1-2H3/b17-9-/t10-/m0/s1. The highest BCUT2D eigenvalue weighted by Gasteiger charge is 2.28. The van der Waals surface area contributed by atoms with Gasteiger partial charge in [-0.25, -0.2) is 4.79 Å². The van der Waals surface area contributed by atoms with Gasteiger partial charge in [0.15, 0.2) is 11.9 Å². The molecule has 0 unspecified atom stereocenters. The maximum absolute atomic E-state index is 12.5. The van der Waals surface area contributed by atoms with E-state index in [9.17, 15) is 9.59 Å². The zero-order chi connectivity index (χ0) is 18.8. The van der Waals surface area contributed by atoms with Gasteiger partial charge in [-0.15, -0.1) is 0 Å². The first-order valence-corrected chi connectivity index (χ1v) is 8.43. The second-order valence-electron chi connectivity index (χ2n) is 5.52. The highest BCUT2D eigenvalue weighted by atomic mass is 35.5. The molecule has 0 bridgehead atoms. The number of esters is 1. The lowest BCUT2D eigenvalue weighted by molar-refractivity contribution is -0.147. The van der Waals surface area contributed by atoms with Crippen LogP contribution in [0.15, 0.2) is 42.2 Å². The minimum absolute atomic E-state index is 0.105.